The molecule has 0 N–H and O–H groups in total. The van der Waals surface area contributed by atoms with Crippen LogP contribution in [0, 0.1) is 10.1 Å². The number of hydrogen-bond acceptors (Lipinski definition) is 4. The number of benzene rings is 1. The summed E-state index contributed by atoms with van der Waals surface area (Å²) in [5.41, 5.74) is 2.44. The summed E-state index contributed by atoms with van der Waals surface area (Å²) in [5, 5.41) is 13.0. The monoisotopic (exact) mass is 316 g/mol. The van der Waals surface area contributed by atoms with Crippen molar-refractivity contribution in [3.8, 4) is 0 Å². The van der Waals surface area contributed by atoms with E-state index in [1.54, 1.807) is 6.07 Å². The standard InChI is InChI=1S/C17H20N2O2S/c20-19(21)17-11-15(13-22-17)12-18-9-5-4-8-16(18)10-14-6-2-1-3-7-14/h1-3,6-7,11,13,16H,4-5,8-10,12H2. The van der Waals surface area contributed by atoms with Crippen molar-refractivity contribution in [3.05, 3.63) is 63.0 Å². The lowest BCUT2D eigenvalue weighted by atomic mass is 9.95. The van der Waals surface area contributed by atoms with Gasteiger partial charge in [-0.25, -0.2) is 0 Å². The molecule has 0 aliphatic carbocycles. The van der Waals surface area contributed by atoms with Gasteiger partial charge in [-0.1, -0.05) is 48.1 Å². The molecule has 4 nitrogen and oxygen atoms in total. The van der Waals surface area contributed by atoms with E-state index in [9.17, 15) is 10.1 Å². The number of rotatable bonds is 5. The molecule has 1 saturated heterocycles. The van der Waals surface area contributed by atoms with Gasteiger partial charge in [-0.05, 0) is 36.9 Å². The van der Waals surface area contributed by atoms with E-state index in [0.717, 1.165) is 25.1 Å². The van der Waals surface area contributed by atoms with Crippen molar-refractivity contribution in [2.75, 3.05) is 6.54 Å². The van der Waals surface area contributed by atoms with Crippen LogP contribution in [0.3, 0.4) is 0 Å². The Morgan fingerprint density at radius 2 is 2.05 bits per heavy atom. The molecule has 5 heteroatoms. The Balaban J connectivity index is 1.68. The Bertz CT molecular complexity index is 627. The van der Waals surface area contributed by atoms with Gasteiger partial charge < -0.3 is 0 Å². The maximum atomic E-state index is 10.8. The number of nitrogens with zero attached hydrogens (tertiary/aromatic N) is 2. The van der Waals surface area contributed by atoms with Gasteiger partial charge in [0.15, 0.2) is 0 Å². The van der Waals surface area contributed by atoms with Crippen molar-refractivity contribution in [2.45, 2.75) is 38.3 Å². The third-order valence-corrected chi connectivity index (χ3v) is 5.20. The largest absolute Gasteiger partial charge is 0.324 e. The number of thiophene rings is 1. The molecule has 1 aromatic heterocycles. The second kappa shape index (κ2) is 7.03. The van der Waals surface area contributed by atoms with Crippen molar-refractivity contribution >= 4 is 16.3 Å². The van der Waals surface area contributed by atoms with Crippen LogP contribution in [0.1, 0.15) is 30.4 Å². The third-order valence-electron chi connectivity index (χ3n) is 4.27. The van der Waals surface area contributed by atoms with Crippen LogP contribution in [0.5, 0.6) is 0 Å². The zero-order valence-electron chi connectivity index (χ0n) is 12.5. The summed E-state index contributed by atoms with van der Waals surface area (Å²) in [6, 6.07) is 12.8. The summed E-state index contributed by atoms with van der Waals surface area (Å²) in [7, 11) is 0. The molecule has 1 aliphatic rings. The highest BCUT2D eigenvalue weighted by atomic mass is 32.1. The van der Waals surface area contributed by atoms with Gasteiger partial charge in [0.05, 0.1) is 4.92 Å². The van der Waals surface area contributed by atoms with Crippen LogP contribution >= 0.6 is 11.3 Å². The van der Waals surface area contributed by atoms with E-state index in [1.165, 1.54) is 36.2 Å². The molecule has 0 spiro atoms. The zero-order valence-corrected chi connectivity index (χ0v) is 13.3. The topological polar surface area (TPSA) is 46.4 Å². The summed E-state index contributed by atoms with van der Waals surface area (Å²) in [5.74, 6) is 0. The molecule has 0 saturated carbocycles. The third kappa shape index (κ3) is 3.72. The van der Waals surface area contributed by atoms with Gasteiger partial charge in [0, 0.05) is 24.0 Å². The van der Waals surface area contributed by atoms with Crippen LogP contribution in [0.25, 0.3) is 0 Å². The minimum absolute atomic E-state index is 0.242. The summed E-state index contributed by atoms with van der Waals surface area (Å²) < 4.78 is 0. The first-order valence-electron chi connectivity index (χ1n) is 7.72. The smallest absolute Gasteiger partial charge is 0.296 e. The molecular weight excluding hydrogens is 296 g/mol. The Kier molecular flexibility index (Phi) is 4.85. The van der Waals surface area contributed by atoms with Crippen LogP contribution in [0.2, 0.25) is 0 Å². The summed E-state index contributed by atoms with van der Waals surface area (Å²) >= 11 is 1.23. The molecule has 0 bridgehead atoms. The minimum Gasteiger partial charge on any atom is -0.296 e. The second-order valence-electron chi connectivity index (χ2n) is 5.86. The minimum atomic E-state index is -0.300. The van der Waals surface area contributed by atoms with Gasteiger partial charge in [-0.2, -0.15) is 0 Å². The highest BCUT2D eigenvalue weighted by molar-refractivity contribution is 7.13. The predicted octanol–water partition coefficient (Wildman–Crippen LogP) is 4.25. The van der Waals surface area contributed by atoms with E-state index in [1.807, 2.05) is 11.4 Å². The number of likely N-dealkylation sites (tertiary alicyclic amines) is 1. The first kappa shape index (κ1) is 15.2. The second-order valence-corrected chi connectivity index (χ2v) is 6.75. The van der Waals surface area contributed by atoms with Crippen LogP contribution < -0.4 is 0 Å². The van der Waals surface area contributed by atoms with Crippen LogP contribution in [-0.2, 0) is 13.0 Å². The van der Waals surface area contributed by atoms with Gasteiger partial charge in [0.25, 0.3) is 0 Å². The Hall–Kier alpha value is -1.72. The van der Waals surface area contributed by atoms with Gasteiger partial charge >= 0.3 is 5.00 Å². The maximum Gasteiger partial charge on any atom is 0.324 e. The van der Waals surface area contributed by atoms with Gasteiger partial charge in [0.1, 0.15) is 0 Å². The quantitative estimate of drug-likeness (QED) is 0.612. The summed E-state index contributed by atoms with van der Waals surface area (Å²) in [6.45, 7) is 1.91. The molecular formula is C17H20N2O2S. The average Bonchev–Trinajstić information content (AvgIpc) is 2.99. The highest BCUT2D eigenvalue weighted by Crippen LogP contribution is 2.27. The Morgan fingerprint density at radius 3 is 2.77 bits per heavy atom. The summed E-state index contributed by atoms with van der Waals surface area (Å²) in [6.07, 6.45) is 4.77. The fraction of sp³-hybridized carbons (Fsp3) is 0.412. The van der Waals surface area contributed by atoms with E-state index < -0.39 is 0 Å². The molecule has 2 heterocycles. The lowest BCUT2D eigenvalue weighted by Crippen LogP contribution is -2.40. The molecule has 0 radical (unpaired) electrons. The van der Waals surface area contributed by atoms with E-state index in [-0.39, 0.29) is 9.92 Å². The Labute approximate surface area is 134 Å². The van der Waals surface area contributed by atoms with Crippen LogP contribution in [0.15, 0.2) is 41.8 Å². The molecule has 3 rings (SSSR count). The predicted molar refractivity (Wildman–Crippen MR) is 89.2 cm³/mol. The van der Waals surface area contributed by atoms with Crippen LogP contribution in [-0.4, -0.2) is 22.4 Å². The molecule has 1 unspecified atom stereocenters. The van der Waals surface area contributed by atoms with Gasteiger partial charge in [-0.3, -0.25) is 15.0 Å². The van der Waals surface area contributed by atoms with Crippen LogP contribution in [0.4, 0.5) is 5.00 Å². The van der Waals surface area contributed by atoms with E-state index in [4.69, 9.17) is 0 Å². The Morgan fingerprint density at radius 1 is 1.23 bits per heavy atom. The molecule has 116 valence electrons. The first-order chi connectivity index (χ1) is 10.7. The highest BCUT2D eigenvalue weighted by Gasteiger charge is 2.23. The molecule has 1 aromatic carbocycles. The normalized spacial score (nSPS) is 19.2. The lowest BCUT2D eigenvalue weighted by molar-refractivity contribution is -0.380. The molecule has 1 fully saturated rings. The van der Waals surface area contributed by atoms with E-state index >= 15 is 0 Å². The molecule has 1 aliphatic heterocycles. The summed E-state index contributed by atoms with van der Waals surface area (Å²) in [4.78, 5) is 13.0. The van der Waals surface area contributed by atoms with Crippen molar-refractivity contribution in [3.63, 3.8) is 0 Å². The fourth-order valence-electron chi connectivity index (χ4n) is 3.16. The zero-order chi connectivity index (χ0) is 15.4. The molecule has 0 amide bonds. The number of nitro groups is 1. The van der Waals surface area contributed by atoms with Gasteiger partial charge in [0.2, 0.25) is 0 Å². The molecule has 2 aromatic rings. The molecule has 1 atom stereocenters. The molecule has 22 heavy (non-hydrogen) atoms. The first-order valence-corrected chi connectivity index (χ1v) is 8.60. The van der Waals surface area contributed by atoms with Crippen molar-refractivity contribution in [1.82, 2.24) is 4.90 Å². The number of piperidine rings is 1. The fourth-order valence-corrected chi connectivity index (χ4v) is 3.88. The SMILES string of the molecule is O=[N+]([O-])c1cc(CN2CCCCC2Cc2ccccc2)cs1. The number of hydrogen-bond donors (Lipinski definition) is 0. The van der Waals surface area contributed by atoms with E-state index in [0.29, 0.717) is 6.04 Å². The van der Waals surface area contributed by atoms with Crippen molar-refractivity contribution < 1.29 is 4.92 Å². The maximum absolute atomic E-state index is 10.8. The van der Waals surface area contributed by atoms with Crippen molar-refractivity contribution in [2.24, 2.45) is 0 Å². The van der Waals surface area contributed by atoms with Crippen molar-refractivity contribution in [1.29, 1.82) is 0 Å². The lowest BCUT2D eigenvalue weighted by Gasteiger charge is -2.35. The van der Waals surface area contributed by atoms with Gasteiger partial charge in [-0.15, -0.1) is 0 Å². The average molecular weight is 316 g/mol. The van der Waals surface area contributed by atoms with E-state index in [2.05, 4.69) is 29.2 Å².